The van der Waals surface area contributed by atoms with E-state index >= 15 is 0 Å². The van der Waals surface area contributed by atoms with Crippen molar-refractivity contribution in [3.8, 4) is 0 Å². The zero-order valence-corrected chi connectivity index (χ0v) is 8.06. The summed E-state index contributed by atoms with van der Waals surface area (Å²) in [5.74, 6) is -0.0241. The summed E-state index contributed by atoms with van der Waals surface area (Å²) < 4.78 is 25.0. The van der Waals surface area contributed by atoms with Gasteiger partial charge in [0.25, 0.3) is 0 Å². The second-order valence-corrected chi connectivity index (χ2v) is 4.48. The van der Waals surface area contributed by atoms with Crippen LogP contribution in [0, 0.1) is 11.3 Å². The maximum absolute atomic E-state index is 12.5. The van der Waals surface area contributed by atoms with Crippen molar-refractivity contribution in [2.24, 2.45) is 11.3 Å². The fourth-order valence-electron chi connectivity index (χ4n) is 1.69. The molecule has 0 aromatic heterocycles. The number of hydrogen-bond donors (Lipinski definition) is 2. The second-order valence-electron chi connectivity index (χ2n) is 4.48. The fraction of sp³-hybridized carbons (Fsp3) is 1.00. The number of nitrogens with one attached hydrogen (secondary N) is 1. The van der Waals surface area contributed by atoms with Gasteiger partial charge in [-0.1, -0.05) is 13.8 Å². The van der Waals surface area contributed by atoms with Gasteiger partial charge in [-0.25, -0.2) is 8.78 Å². The Balaban J connectivity index is 2.47. The maximum Gasteiger partial charge on any atom is 0.243 e. The van der Waals surface area contributed by atoms with Crippen molar-refractivity contribution < 1.29 is 13.9 Å². The average molecular weight is 193 g/mol. The van der Waals surface area contributed by atoms with E-state index in [2.05, 4.69) is 5.32 Å². The summed E-state index contributed by atoms with van der Waals surface area (Å²) in [6, 6.07) is 0. The van der Waals surface area contributed by atoms with Crippen LogP contribution in [0.4, 0.5) is 8.78 Å². The second kappa shape index (κ2) is 3.88. The van der Waals surface area contributed by atoms with Crippen molar-refractivity contribution in [3.63, 3.8) is 0 Å². The first-order valence-electron chi connectivity index (χ1n) is 4.60. The molecule has 0 aromatic carbocycles. The molecule has 13 heavy (non-hydrogen) atoms. The van der Waals surface area contributed by atoms with E-state index in [1.807, 2.05) is 0 Å². The lowest BCUT2D eigenvalue weighted by Crippen LogP contribution is -2.30. The number of β-amino-alcohol motifs (C(OH)–C–C–N with tert-alkyl or cyclic N) is 1. The van der Waals surface area contributed by atoms with E-state index in [0.717, 1.165) is 0 Å². The molecular weight excluding hydrogens is 176 g/mol. The lowest BCUT2D eigenvalue weighted by atomic mass is 9.82. The molecule has 2 nitrogen and oxygen atoms in total. The number of alkyl halides is 2. The van der Waals surface area contributed by atoms with E-state index in [4.69, 9.17) is 0 Å². The Morgan fingerprint density at radius 2 is 2.08 bits per heavy atom. The summed E-state index contributed by atoms with van der Waals surface area (Å²) in [5.41, 5.74) is -0.988. The third kappa shape index (κ3) is 2.61. The number of halogens is 2. The summed E-state index contributed by atoms with van der Waals surface area (Å²) in [6.07, 6.45) is -2.41. The van der Waals surface area contributed by atoms with E-state index in [9.17, 15) is 13.9 Å². The van der Waals surface area contributed by atoms with Crippen molar-refractivity contribution in [2.75, 3.05) is 13.1 Å². The molecule has 0 aromatic rings. The summed E-state index contributed by atoms with van der Waals surface area (Å²) in [4.78, 5) is 0. The zero-order chi connectivity index (χ0) is 10.1. The minimum absolute atomic E-state index is 0.0241. The van der Waals surface area contributed by atoms with Crippen LogP contribution < -0.4 is 5.32 Å². The van der Waals surface area contributed by atoms with E-state index in [1.165, 1.54) is 0 Å². The zero-order valence-electron chi connectivity index (χ0n) is 8.06. The van der Waals surface area contributed by atoms with Crippen LogP contribution in [-0.2, 0) is 0 Å². The van der Waals surface area contributed by atoms with Crippen LogP contribution >= 0.6 is 0 Å². The molecule has 0 radical (unpaired) electrons. The van der Waals surface area contributed by atoms with Crippen LogP contribution in [0.25, 0.3) is 0 Å². The van der Waals surface area contributed by atoms with Crippen LogP contribution in [0.5, 0.6) is 0 Å². The Morgan fingerprint density at radius 3 is 2.46 bits per heavy atom. The van der Waals surface area contributed by atoms with Gasteiger partial charge in [0.15, 0.2) is 0 Å². The van der Waals surface area contributed by atoms with Crippen LogP contribution in [0.15, 0.2) is 0 Å². The van der Waals surface area contributed by atoms with Crippen molar-refractivity contribution >= 4 is 0 Å². The standard InChI is InChI=1S/C9H17F2NO/c1-9(2,8(10)11)3-6-4-12-5-7(6)13/h6-8,12-13H,3-5H2,1-2H3. The van der Waals surface area contributed by atoms with Gasteiger partial charge in [-0.15, -0.1) is 0 Å². The van der Waals surface area contributed by atoms with Gasteiger partial charge in [0.1, 0.15) is 0 Å². The number of aliphatic hydroxyl groups excluding tert-OH is 1. The van der Waals surface area contributed by atoms with Gasteiger partial charge in [0.2, 0.25) is 6.43 Å². The molecule has 0 bridgehead atoms. The number of aliphatic hydroxyl groups is 1. The first-order valence-corrected chi connectivity index (χ1v) is 4.60. The highest BCUT2D eigenvalue weighted by atomic mass is 19.3. The molecule has 4 heteroatoms. The lowest BCUT2D eigenvalue weighted by molar-refractivity contribution is -0.00712. The lowest BCUT2D eigenvalue weighted by Gasteiger charge is -2.27. The summed E-state index contributed by atoms with van der Waals surface area (Å²) in [6.45, 7) is 4.27. The monoisotopic (exact) mass is 193 g/mol. The van der Waals surface area contributed by atoms with E-state index in [1.54, 1.807) is 13.8 Å². The van der Waals surface area contributed by atoms with Gasteiger partial charge < -0.3 is 10.4 Å². The van der Waals surface area contributed by atoms with Crippen LogP contribution in [0.2, 0.25) is 0 Å². The smallest absolute Gasteiger partial charge is 0.243 e. The predicted molar refractivity (Wildman–Crippen MR) is 46.8 cm³/mol. The molecule has 78 valence electrons. The quantitative estimate of drug-likeness (QED) is 0.707. The molecule has 1 rings (SSSR count). The highest BCUT2D eigenvalue weighted by Crippen LogP contribution is 2.34. The molecule has 2 unspecified atom stereocenters. The van der Waals surface area contributed by atoms with Crippen molar-refractivity contribution in [2.45, 2.75) is 32.8 Å². The van der Waals surface area contributed by atoms with Crippen molar-refractivity contribution in [3.05, 3.63) is 0 Å². The van der Waals surface area contributed by atoms with Crippen molar-refractivity contribution in [1.82, 2.24) is 5.32 Å². The molecule has 1 fully saturated rings. The molecule has 1 heterocycles. The van der Waals surface area contributed by atoms with Gasteiger partial charge in [0, 0.05) is 18.5 Å². The molecule has 2 atom stereocenters. The molecule has 0 aliphatic carbocycles. The molecule has 0 amide bonds. The fourth-order valence-corrected chi connectivity index (χ4v) is 1.69. The van der Waals surface area contributed by atoms with Gasteiger partial charge in [-0.2, -0.15) is 0 Å². The van der Waals surface area contributed by atoms with Crippen molar-refractivity contribution in [1.29, 1.82) is 0 Å². The Morgan fingerprint density at radius 1 is 1.46 bits per heavy atom. The Bertz CT molecular complexity index is 173. The number of hydrogen-bond acceptors (Lipinski definition) is 2. The van der Waals surface area contributed by atoms with E-state index in [0.29, 0.717) is 19.5 Å². The van der Waals surface area contributed by atoms with Crippen LogP contribution in [0.1, 0.15) is 20.3 Å². The first-order chi connectivity index (χ1) is 5.93. The Labute approximate surface area is 77.3 Å². The largest absolute Gasteiger partial charge is 0.391 e. The van der Waals surface area contributed by atoms with Gasteiger partial charge >= 0.3 is 0 Å². The average Bonchev–Trinajstić information content (AvgIpc) is 2.35. The molecule has 2 N–H and O–H groups in total. The predicted octanol–water partition coefficient (Wildman–Crippen LogP) is 1.25. The Hall–Kier alpha value is -0.220. The van der Waals surface area contributed by atoms with Crippen LogP contribution in [0.3, 0.4) is 0 Å². The SMILES string of the molecule is CC(C)(CC1CNCC1O)C(F)F. The van der Waals surface area contributed by atoms with E-state index < -0.39 is 17.9 Å². The third-order valence-electron chi connectivity index (χ3n) is 2.68. The number of rotatable bonds is 3. The van der Waals surface area contributed by atoms with Gasteiger partial charge in [0.05, 0.1) is 6.10 Å². The summed E-state index contributed by atoms with van der Waals surface area (Å²) >= 11 is 0. The highest BCUT2D eigenvalue weighted by Gasteiger charge is 2.36. The van der Waals surface area contributed by atoms with E-state index in [-0.39, 0.29) is 5.92 Å². The van der Waals surface area contributed by atoms with Gasteiger partial charge in [-0.05, 0) is 12.3 Å². The molecule has 1 saturated heterocycles. The summed E-state index contributed by atoms with van der Waals surface area (Å²) in [7, 11) is 0. The topological polar surface area (TPSA) is 32.3 Å². The molecule has 0 spiro atoms. The normalized spacial score (nSPS) is 30.0. The minimum atomic E-state index is -2.32. The molecular formula is C9H17F2NO. The molecule has 0 saturated carbocycles. The van der Waals surface area contributed by atoms with Gasteiger partial charge in [-0.3, -0.25) is 0 Å². The highest BCUT2D eigenvalue weighted by molar-refractivity contribution is 4.86. The molecule has 1 aliphatic heterocycles. The minimum Gasteiger partial charge on any atom is -0.391 e. The van der Waals surface area contributed by atoms with Crippen LogP contribution in [-0.4, -0.2) is 30.7 Å². The first kappa shape index (κ1) is 10.9. The Kier molecular flexibility index (Phi) is 3.24. The maximum atomic E-state index is 12.5. The third-order valence-corrected chi connectivity index (χ3v) is 2.68. The molecule has 1 aliphatic rings. The summed E-state index contributed by atoms with van der Waals surface area (Å²) in [5, 5.41) is 12.4.